The van der Waals surface area contributed by atoms with Crippen molar-refractivity contribution in [1.29, 1.82) is 0 Å². The third-order valence-corrected chi connectivity index (χ3v) is 7.82. The molecule has 0 fully saturated rings. The van der Waals surface area contributed by atoms with Gasteiger partial charge >= 0.3 is 0 Å². The van der Waals surface area contributed by atoms with Crippen LogP contribution >= 0.6 is 22.9 Å². The Morgan fingerprint density at radius 1 is 1.00 bits per heavy atom. The van der Waals surface area contributed by atoms with E-state index in [4.69, 9.17) is 21.1 Å². The Morgan fingerprint density at radius 3 is 2.40 bits per heavy atom. The van der Waals surface area contributed by atoms with Crippen LogP contribution in [0.15, 0.2) is 66.7 Å². The predicted octanol–water partition coefficient (Wildman–Crippen LogP) is 5.79. The van der Waals surface area contributed by atoms with Gasteiger partial charge in [-0.3, -0.25) is 9.10 Å². The number of sulfonamides is 1. The summed E-state index contributed by atoms with van der Waals surface area (Å²) < 4.78 is 37.9. The highest BCUT2D eigenvalue weighted by Crippen LogP contribution is 2.33. The molecule has 0 radical (unpaired) electrons. The molecule has 4 aromatic rings. The van der Waals surface area contributed by atoms with Gasteiger partial charge in [0.25, 0.3) is 5.91 Å². The fraction of sp³-hybridized carbons (Fsp3) is 0.160. The van der Waals surface area contributed by atoms with E-state index in [9.17, 15) is 13.2 Å². The number of anilines is 2. The molecule has 10 heteroatoms. The number of carbonyl (C=O) groups is 1. The number of thiophene rings is 1. The first-order chi connectivity index (χ1) is 16.7. The lowest BCUT2D eigenvalue weighted by molar-refractivity contribution is 0.103. The first-order valence-corrected chi connectivity index (χ1v) is 13.5. The summed E-state index contributed by atoms with van der Waals surface area (Å²) >= 11 is 7.27. The van der Waals surface area contributed by atoms with Crippen molar-refractivity contribution in [1.82, 2.24) is 0 Å². The molecule has 1 amide bonds. The third kappa shape index (κ3) is 5.70. The Kier molecular flexibility index (Phi) is 7.20. The second-order valence-electron chi connectivity index (χ2n) is 7.75. The molecule has 0 bridgehead atoms. The fourth-order valence-corrected chi connectivity index (χ4v) is 5.48. The average molecular weight is 531 g/mol. The van der Waals surface area contributed by atoms with Crippen LogP contribution in [-0.2, 0) is 16.6 Å². The van der Waals surface area contributed by atoms with Gasteiger partial charge in [0.1, 0.15) is 11.5 Å². The SMILES string of the molecule is COc1ccc(NC(=O)c2cc3cc(N(Cc4ccc(Cl)cc4)S(C)(=O)=O)ccc3s2)c(OC)c1. The number of amides is 1. The van der Waals surface area contributed by atoms with Gasteiger partial charge in [0.2, 0.25) is 10.0 Å². The zero-order chi connectivity index (χ0) is 25.2. The van der Waals surface area contributed by atoms with Crippen molar-refractivity contribution in [2.45, 2.75) is 6.54 Å². The summed E-state index contributed by atoms with van der Waals surface area (Å²) in [4.78, 5) is 13.4. The monoisotopic (exact) mass is 530 g/mol. The van der Waals surface area contributed by atoms with E-state index < -0.39 is 10.0 Å². The van der Waals surface area contributed by atoms with E-state index in [1.807, 2.05) is 6.07 Å². The first kappa shape index (κ1) is 24.8. The highest BCUT2D eigenvalue weighted by molar-refractivity contribution is 7.92. The fourth-order valence-electron chi connectivity index (χ4n) is 3.54. The van der Waals surface area contributed by atoms with E-state index in [1.165, 1.54) is 29.0 Å². The second-order valence-corrected chi connectivity index (χ2v) is 11.2. The summed E-state index contributed by atoms with van der Waals surface area (Å²) in [7, 11) is -0.487. The highest BCUT2D eigenvalue weighted by Gasteiger charge is 2.20. The molecule has 0 atom stereocenters. The Labute approximate surface area is 212 Å². The van der Waals surface area contributed by atoms with Crippen LogP contribution in [0.4, 0.5) is 11.4 Å². The standard InChI is InChI=1S/C25H23ClN2O5S2/c1-32-20-9-10-21(22(14-20)33-2)27-25(29)24-13-17-12-19(8-11-23(17)34-24)28(35(3,30)31)15-16-4-6-18(26)7-5-16/h4-14H,15H2,1-3H3,(H,27,29). The lowest BCUT2D eigenvalue weighted by atomic mass is 10.2. The van der Waals surface area contributed by atoms with Gasteiger partial charge in [0.05, 0.1) is 43.3 Å². The maximum Gasteiger partial charge on any atom is 0.265 e. The number of rotatable bonds is 8. The Hall–Kier alpha value is -3.27. The number of ether oxygens (including phenoxy) is 2. The predicted molar refractivity (Wildman–Crippen MR) is 142 cm³/mol. The summed E-state index contributed by atoms with van der Waals surface area (Å²) in [5, 5.41) is 4.21. The van der Waals surface area contributed by atoms with Gasteiger partial charge in [-0.05, 0) is 59.5 Å². The summed E-state index contributed by atoms with van der Waals surface area (Å²) in [6.07, 6.45) is 1.17. The van der Waals surface area contributed by atoms with Crippen molar-refractivity contribution >= 4 is 60.3 Å². The van der Waals surface area contributed by atoms with Gasteiger partial charge in [0, 0.05) is 15.8 Å². The van der Waals surface area contributed by atoms with E-state index in [1.54, 1.807) is 67.8 Å². The molecular formula is C25H23ClN2O5S2. The number of carbonyl (C=O) groups excluding carboxylic acids is 1. The zero-order valence-electron chi connectivity index (χ0n) is 19.2. The quantitative estimate of drug-likeness (QED) is 0.311. The summed E-state index contributed by atoms with van der Waals surface area (Å²) in [5.41, 5.74) is 1.83. The van der Waals surface area contributed by atoms with Crippen LogP contribution in [0.3, 0.4) is 0 Å². The molecule has 0 aliphatic rings. The number of nitrogens with one attached hydrogen (secondary N) is 1. The van der Waals surface area contributed by atoms with Crippen LogP contribution < -0.4 is 19.1 Å². The second kappa shape index (κ2) is 10.2. The molecule has 1 heterocycles. The minimum Gasteiger partial charge on any atom is -0.497 e. The minimum absolute atomic E-state index is 0.163. The molecule has 35 heavy (non-hydrogen) atoms. The number of nitrogens with zero attached hydrogens (tertiary/aromatic N) is 1. The van der Waals surface area contributed by atoms with Crippen molar-refractivity contribution in [3.05, 3.63) is 82.2 Å². The van der Waals surface area contributed by atoms with Gasteiger partial charge < -0.3 is 14.8 Å². The van der Waals surface area contributed by atoms with E-state index in [2.05, 4.69) is 5.32 Å². The van der Waals surface area contributed by atoms with E-state index >= 15 is 0 Å². The molecule has 4 rings (SSSR count). The van der Waals surface area contributed by atoms with Crippen molar-refractivity contribution in [3.63, 3.8) is 0 Å². The molecule has 0 saturated heterocycles. The van der Waals surface area contributed by atoms with Crippen molar-refractivity contribution < 1.29 is 22.7 Å². The molecule has 1 N–H and O–H groups in total. The van der Waals surface area contributed by atoms with Crippen LogP contribution in [0.2, 0.25) is 5.02 Å². The number of hydrogen-bond acceptors (Lipinski definition) is 6. The summed E-state index contributed by atoms with van der Waals surface area (Å²) in [6, 6.07) is 19.2. The molecule has 0 spiro atoms. The summed E-state index contributed by atoms with van der Waals surface area (Å²) in [6.45, 7) is 0.163. The van der Waals surface area contributed by atoms with Gasteiger partial charge in [-0.25, -0.2) is 8.42 Å². The average Bonchev–Trinajstić information content (AvgIpc) is 3.27. The molecule has 0 unspecified atom stereocenters. The van der Waals surface area contributed by atoms with Gasteiger partial charge in [-0.1, -0.05) is 23.7 Å². The van der Waals surface area contributed by atoms with Gasteiger partial charge in [0.15, 0.2) is 0 Å². The Balaban J connectivity index is 1.61. The third-order valence-electron chi connectivity index (χ3n) is 5.31. The van der Waals surface area contributed by atoms with E-state index in [0.29, 0.717) is 32.8 Å². The van der Waals surface area contributed by atoms with Crippen molar-refractivity contribution in [3.8, 4) is 11.5 Å². The molecule has 0 aliphatic carbocycles. The summed E-state index contributed by atoms with van der Waals surface area (Å²) in [5.74, 6) is 0.799. The Bertz CT molecular complexity index is 1480. The number of halogens is 1. The molecule has 7 nitrogen and oxygen atoms in total. The molecule has 0 saturated carbocycles. The van der Waals surface area contributed by atoms with Gasteiger partial charge in [-0.2, -0.15) is 0 Å². The minimum atomic E-state index is -3.56. The topological polar surface area (TPSA) is 84.9 Å². The smallest absolute Gasteiger partial charge is 0.265 e. The van der Waals surface area contributed by atoms with Crippen LogP contribution in [-0.4, -0.2) is 34.8 Å². The lowest BCUT2D eigenvalue weighted by Crippen LogP contribution is -2.29. The molecule has 3 aromatic carbocycles. The van der Waals surface area contributed by atoms with Crippen LogP contribution in [0.25, 0.3) is 10.1 Å². The van der Waals surface area contributed by atoms with E-state index in [-0.39, 0.29) is 12.5 Å². The van der Waals surface area contributed by atoms with Crippen molar-refractivity contribution in [2.24, 2.45) is 0 Å². The maximum atomic E-state index is 12.9. The normalized spacial score (nSPS) is 11.3. The van der Waals surface area contributed by atoms with Crippen molar-refractivity contribution in [2.75, 3.05) is 30.1 Å². The molecular weight excluding hydrogens is 508 g/mol. The number of methoxy groups -OCH3 is 2. The number of fused-ring (bicyclic) bond motifs is 1. The molecule has 1 aromatic heterocycles. The highest BCUT2D eigenvalue weighted by atomic mass is 35.5. The zero-order valence-corrected chi connectivity index (χ0v) is 21.6. The van der Waals surface area contributed by atoms with Crippen LogP contribution in [0.5, 0.6) is 11.5 Å². The van der Waals surface area contributed by atoms with Gasteiger partial charge in [-0.15, -0.1) is 11.3 Å². The number of hydrogen-bond donors (Lipinski definition) is 1. The first-order valence-electron chi connectivity index (χ1n) is 10.5. The molecule has 0 aliphatic heterocycles. The van der Waals surface area contributed by atoms with Crippen LogP contribution in [0, 0.1) is 0 Å². The molecule has 182 valence electrons. The van der Waals surface area contributed by atoms with E-state index in [0.717, 1.165) is 15.6 Å². The lowest BCUT2D eigenvalue weighted by Gasteiger charge is -2.22. The largest absolute Gasteiger partial charge is 0.497 e. The number of benzene rings is 3. The van der Waals surface area contributed by atoms with Crippen LogP contribution in [0.1, 0.15) is 15.2 Å². The Morgan fingerprint density at radius 2 is 1.74 bits per heavy atom. The maximum absolute atomic E-state index is 12.9.